The van der Waals surface area contributed by atoms with Crippen LogP contribution >= 0.6 is 0 Å². The zero-order valence-corrected chi connectivity index (χ0v) is 18.9. The maximum Gasteiger partial charge on any atom is 0.335 e. The summed E-state index contributed by atoms with van der Waals surface area (Å²) in [7, 11) is 0. The van der Waals surface area contributed by atoms with Crippen molar-refractivity contribution in [1.29, 1.82) is 0 Å². The summed E-state index contributed by atoms with van der Waals surface area (Å²) < 4.78 is 7.32. The molecule has 2 heterocycles. The maximum atomic E-state index is 12.4. The third-order valence-corrected chi connectivity index (χ3v) is 5.91. The third kappa shape index (κ3) is 5.00. The number of carbonyl (C=O) groups excluding carboxylic acids is 1. The number of aromatic carboxylic acids is 1. The van der Waals surface area contributed by atoms with E-state index in [2.05, 4.69) is 23.7 Å². The standard InChI is InChI=1S/C27H28N2O4/c1-18(2)19-5-7-20(8-6-19)26(30)28-12-3-4-13-29-16-24(22-11-14-33-17-22)23-10-9-21(27(31)32)15-25(23)29/h5-11,14-18H,3-4,12-13H2,1-2H3,(H,28,30)(H,31,32). The largest absolute Gasteiger partial charge is 0.478 e. The first-order valence-corrected chi connectivity index (χ1v) is 11.2. The molecule has 2 aromatic heterocycles. The van der Waals surface area contributed by atoms with E-state index in [4.69, 9.17) is 4.42 Å². The van der Waals surface area contributed by atoms with Gasteiger partial charge in [0, 0.05) is 46.9 Å². The lowest BCUT2D eigenvalue weighted by Gasteiger charge is -2.09. The van der Waals surface area contributed by atoms with Crippen LogP contribution in [0, 0.1) is 0 Å². The number of nitrogens with zero attached hydrogens (tertiary/aromatic N) is 1. The summed E-state index contributed by atoms with van der Waals surface area (Å²) in [6.07, 6.45) is 7.01. The fourth-order valence-electron chi connectivity index (χ4n) is 3.99. The lowest BCUT2D eigenvalue weighted by Crippen LogP contribution is -2.24. The van der Waals surface area contributed by atoms with E-state index in [1.807, 2.05) is 42.6 Å². The van der Waals surface area contributed by atoms with Crippen LogP contribution in [-0.2, 0) is 6.54 Å². The summed E-state index contributed by atoms with van der Waals surface area (Å²) in [5, 5.41) is 13.4. The highest BCUT2D eigenvalue weighted by Crippen LogP contribution is 2.32. The van der Waals surface area contributed by atoms with E-state index < -0.39 is 5.97 Å². The number of hydrogen-bond acceptors (Lipinski definition) is 3. The summed E-state index contributed by atoms with van der Waals surface area (Å²) in [6, 6.07) is 14.8. The highest BCUT2D eigenvalue weighted by atomic mass is 16.4. The van der Waals surface area contributed by atoms with E-state index >= 15 is 0 Å². The summed E-state index contributed by atoms with van der Waals surface area (Å²) in [4.78, 5) is 23.8. The third-order valence-electron chi connectivity index (χ3n) is 5.91. The van der Waals surface area contributed by atoms with Crippen molar-refractivity contribution in [2.75, 3.05) is 6.54 Å². The molecule has 0 atom stereocenters. The van der Waals surface area contributed by atoms with E-state index in [0.29, 0.717) is 18.0 Å². The molecule has 2 aromatic carbocycles. The minimum atomic E-state index is -0.946. The minimum absolute atomic E-state index is 0.0648. The molecule has 170 valence electrons. The van der Waals surface area contributed by atoms with Gasteiger partial charge in [-0.25, -0.2) is 4.79 Å². The number of furan rings is 1. The number of carboxylic acids is 1. The molecule has 0 saturated heterocycles. The Kier molecular flexibility index (Phi) is 6.63. The Hall–Kier alpha value is -3.80. The molecule has 0 spiro atoms. The van der Waals surface area contributed by atoms with Gasteiger partial charge in [-0.15, -0.1) is 0 Å². The van der Waals surface area contributed by atoms with Gasteiger partial charge >= 0.3 is 5.97 Å². The van der Waals surface area contributed by atoms with E-state index in [-0.39, 0.29) is 11.5 Å². The van der Waals surface area contributed by atoms with Gasteiger partial charge in [-0.05, 0) is 54.7 Å². The number of aromatic nitrogens is 1. The molecule has 0 saturated carbocycles. The molecule has 0 bridgehead atoms. The minimum Gasteiger partial charge on any atom is -0.478 e. The van der Waals surface area contributed by atoms with E-state index in [0.717, 1.165) is 41.4 Å². The number of hydrogen-bond donors (Lipinski definition) is 2. The second-order valence-electron chi connectivity index (χ2n) is 8.52. The molecule has 4 aromatic rings. The lowest BCUT2D eigenvalue weighted by atomic mass is 10.0. The zero-order valence-electron chi connectivity index (χ0n) is 18.9. The van der Waals surface area contributed by atoms with Crippen molar-refractivity contribution in [3.63, 3.8) is 0 Å². The molecule has 0 fully saturated rings. The number of nitrogens with one attached hydrogen (secondary N) is 1. The van der Waals surface area contributed by atoms with Crippen LogP contribution in [0.25, 0.3) is 22.0 Å². The number of carbonyl (C=O) groups is 2. The first kappa shape index (κ1) is 22.4. The van der Waals surface area contributed by atoms with Gasteiger partial charge in [0.05, 0.1) is 18.1 Å². The topological polar surface area (TPSA) is 84.5 Å². The van der Waals surface area contributed by atoms with Crippen LogP contribution < -0.4 is 5.32 Å². The molecule has 1 amide bonds. The number of carboxylic acid groups (broad SMARTS) is 1. The summed E-state index contributed by atoms with van der Waals surface area (Å²) >= 11 is 0. The molecule has 6 nitrogen and oxygen atoms in total. The molecule has 0 aliphatic carbocycles. The average Bonchev–Trinajstić information content (AvgIpc) is 3.46. The Morgan fingerprint density at radius 3 is 2.45 bits per heavy atom. The van der Waals surface area contributed by atoms with Crippen molar-refractivity contribution in [2.24, 2.45) is 0 Å². The van der Waals surface area contributed by atoms with Crippen molar-refractivity contribution in [1.82, 2.24) is 9.88 Å². The Balaban J connectivity index is 1.39. The highest BCUT2D eigenvalue weighted by molar-refractivity contribution is 6.00. The first-order valence-electron chi connectivity index (χ1n) is 11.2. The number of fused-ring (bicyclic) bond motifs is 1. The van der Waals surface area contributed by atoms with Crippen LogP contribution in [0.1, 0.15) is 58.9 Å². The Bertz CT molecular complexity index is 1250. The van der Waals surface area contributed by atoms with Crippen molar-refractivity contribution >= 4 is 22.8 Å². The SMILES string of the molecule is CC(C)c1ccc(C(=O)NCCCCn2cc(-c3ccoc3)c3ccc(C(=O)O)cc32)cc1. The number of benzene rings is 2. The second-order valence-corrected chi connectivity index (χ2v) is 8.52. The Morgan fingerprint density at radius 1 is 1.03 bits per heavy atom. The van der Waals surface area contributed by atoms with Gasteiger partial charge in [0.1, 0.15) is 0 Å². The van der Waals surface area contributed by atoms with Gasteiger partial charge in [0.15, 0.2) is 0 Å². The van der Waals surface area contributed by atoms with E-state index in [1.54, 1.807) is 24.7 Å². The van der Waals surface area contributed by atoms with Crippen molar-refractivity contribution in [3.8, 4) is 11.1 Å². The smallest absolute Gasteiger partial charge is 0.335 e. The number of aryl methyl sites for hydroxylation is 1. The van der Waals surface area contributed by atoms with Crippen LogP contribution in [0.3, 0.4) is 0 Å². The van der Waals surface area contributed by atoms with Gasteiger partial charge in [-0.3, -0.25) is 4.79 Å². The normalized spacial score (nSPS) is 11.2. The van der Waals surface area contributed by atoms with Crippen LogP contribution in [-0.4, -0.2) is 28.1 Å². The molecule has 0 aliphatic rings. The molecule has 33 heavy (non-hydrogen) atoms. The highest BCUT2D eigenvalue weighted by Gasteiger charge is 2.14. The predicted octanol–water partition coefficient (Wildman–Crippen LogP) is 5.93. The fraction of sp³-hybridized carbons (Fsp3) is 0.259. The quantitative estimate of drug-likeness (QED) is 0.313. The maximum absolute atomic E-state index is 12.4. The van der Waals surface area contributed by atoms with Crippen LogP contribution in [0.5, 0.6) is 0 Å². The molecule has 0 unspecified atom stereocenters. The van der Waals surface area contributed by atoms with Gasteiger partial charge in [0.2, 0.25) is 0 Å². The van der Waals surface area contributed by atoms with Gasteiger partial charge in [-0.1, -0.05) is 32.0 Å². The molecule has 2 N–H and O–H groups in total. The second kappa shape index (κ2) is 9.77. The molecule has 6 heteroatoms. The zero-order chi connectivity index (χ0) is 23.4. The predicted molar refractivity (Wildman–Crippen MR) is 129 cm³/mol. The van der Waals surface area contributed by atoms with Gasteiger partial charge < -0.3 is 19.4 Å². The molecular weight excluding hydrogens is 416 g/mol. The van der Waals surface area contributed by atoms with E-state index in [1.165, 1.54) is 5.56 Å². The van der Waals surface area contributed by atoms with Crippen LogP contribution in [0.15, 0.2) is 71.7 Å². The molecule has 0 radical (unpaired) electrons. The first-order chi connectivity index (χ1) is 15.9. The lowest BCUT2D eigenvalue weighted by molar-refractivity contribution is 0.0696. The fourth-order valence-corrected chi connectivity index (χ4v) is 3.99. The molecular formula is C27H28N2O4. The van der Waals surface area contributed by atoms with Gasteiger partial charge in [-0.2, -0.15) is 0 Å². The summed E-state index contributed by atoms with van der Waals surface area (Å²) in [6.45, 7) is 5.56. The monoisotopic (exact) mass is 444 g/mol. The van der Waals surface area contributed by atoms with Crippen LogP contribution in [0.4, 0.5) is 0 Å². The van der Waals surface area contributed by atoms with Crippen LogP contribution in [0.2, 0.25) is 0 Å². The van der Waals surface area contributed by atoms with Crippen molar-refractivity contribution in [2.45, 2.75) is 39.2 Å². The molecule has 4 rings (SSSR count). The van der Waals surface area contributed by atoms with Crippen molar-refractivity contribution < 1.29 is 19.1 Å². The number of rotatable bonds is 9. The summed E-state index contributed by atoms with van der Waals surface area (Å²) in [5.41, 5.74) is 4.98. The number of unbranched alkanes of at least 4 members (excludes halogenated alkanes) is 1. The Labute approximate surface area is 192 Å². The van der Waals surface area contributed by atoms with Crippen molar-refractivity contribution in [3.05, 3.63) is 83.9 Å². The average molecular weight is 445 g/mol. The van der Waals surface area contributed by atoms with Gasteiger partial charge in [0.25, 0.3) is 5.91 Å². The Morgan fingerprint density at radius 2 is 1.79 bits per heavy atom. The van der Waals surface area contributed by atoms with E-state index in [9.17, 15) is 14.7 Å². The summed E-state index contributed by atoms with van der Waals surface area (Å²) in [5.74, 6) is -0.573. The molecule has 0 aliphatic heterocycles. The number of amides is 1.